The third-order valence-electron chi connectivity index (χ3n) is 4.79. The summed E-state index contributed by atoms with van der Waals surface area (Å²) in [6.45, 7) is 3.71. The Morgan fingerprint density at radius 3 is 2.55 bits per heavy atom. The van der Waals surface area contributed by atoms with Crippen LogP contribution in [0.1, 0.15) is 52.4 Å². The van der Waals surface area contributed by atoms with Gasteiger partial charge in [0.25, 0.3) is 0 Å². The van der Waals surface area contributed by atoms with Gasteiger partial charge in [-0.15, -0.1) is 0 Å². The molecule has 1 N–H and O–H groups in total. The number of carbonyl (C=O) groups excluding carboxylic acids is 1. The van der Waals surface area contributed by atoms with Crippen molar-refractivity contribution in [3.8, 4) is 0 Å². The molecule has 2 fully saturated rings. The molecule has 1 aliphatic carbocycles. The molecule has 0 aromatic heterocycles. The van der Waals surface area contributed by atoms with Gasteiger partial charge >= 0.3 is 5.97 Å². The summed E-state index contributed by atoms with van der Waals surface area (Å²) in [5.74, 6) is -0.596. The van der Waals surface area contributed by atoms with Crippen LogP contribution < -0.4 is 0 Å². The van der Waals surface area contributed by atoms with Gasteiger partial charge in [-0.05, 0) is 39.0 Å². The van der Waals surface area contributed by atoms with Crippen LogP contribution in [0.15, 0.2) is 0 Å². The molecule has 3 unspecified atom stereocenters. The average Bonchev–Trinajstić information content (AvgIpc) is 2.77. The molecule has 5 nitrogen and oxygen atoms in total. The van der Waals surface area contributed by atoms with Crippen LogP contribution >= 0.6 is 0 Å². The molecule has 5 heteroatoms. The van der Waals surface area contributed by atoms with Crippen LogP contribution in [0.3, 0.4) is 0 Å². The zero-order valence-electron chi connectivity index (χ0n) is 12.6. The number of hydrogen-bond acceptors (Lipinski definition) is 3. The van der Waals surface area contributed by atoms with E-state index < -0.39 is 17.6 Å². The van der Waals surface area contributed by atoms with E-state index in [0.717, 1.165) is 25.7 Å². The monoisotopic (exact) mass is 283 g/mol. The smallest absolute Gasteiger partial charge is 0.326 e. The van der Waals surface area contributed by atoms with E-state index in [-0.39, 0.29) is 18.4 Å². The van der Waals surface area contributed by atoms with Gasteiger partial charge in [-0.3, -0.25) is 4.79 Å². The molecule has 0 bridgehead atoms. The van der Waals surface area contributed by atoms with Crippen molar-refractivity contribution in [2.45, 2.75) is 70.1 Å². The minimum Gasteiger partial charge on any atom is -0.480 e. The molecule has 0 spiro atoms. The van der Waals surface area contributed by atoms with E-state index in [1.165, 1.54) is 0 Å². The number of carboxylic acids is 1. The van der Waals surface area contributed by atoms with Crippen molar-refractivity contribution in [2.75, 3.05) is 7.11 Å². The number of carboxylic acid groups (broad SMARTS) is 1. The number of nitrogens with zero attached hydrogens (tertiary/aromatic N) is 1. The fourth-order valence-corrected chi connectivity index (χ4v) is 3.57. The summed E-state index contributed by atoms with van der Waals surface area (Å²) in [5, 5.41) is 9.41. The number of fused-ring (bicyclic) bond motifs is 1. The highest BCUT2D eigenvalue weighted by Crippen LogP contribution is 2.40. The van der Waals surface area contributed by atoms with Gasteiger partial charge in [-0.2, -0.15) is 0 Å². The Balaban J connectivity index is 2.16. The number of amides is 1. The highest BCUT2D eigenvalue weighted by molar-refractivity contribution is 5.85. The highest BCUT2D eigenvalue weighted by Gasteiger charge is 2.48. The van der Waals surface area contributed by atoms with Gasteiger partial charge in [0.2, 0.25) is 5.91 Å². The molecule has 1 saturated heterocycles. The van der Waals surface area contributed by atoms with E-state index in [4.69, 9.17) is 4.74 Å². The Kier molecular flexibility index (Phi) is 4.37. The molecule has 2 rings (SSSR count). The minimum atomic E-state index is -0.872. The molecule has 1 amide bonds. The molecular formula is C15H25NO4. The van der Waals surface area contributed by atoms with Crippen LogP contribution in [0.4, 0.5) is 0 Å². The predicted molar refractivity (Wildman–Crippen MR) is 74.3 cm³/mol. The molecule has 2 aliphatic rings. The van der Waals surface area contributed by atoms with Gasteiger partial charge in [0.1, 0.15) is 6.04 Å². The van der Waals surface area contributed by atoms with E-state index in [1.54, 1.807) is 12.0 Å². The van der Waals surface area contributed by atoms with Crippen LogP contribution in [0.5, 0.6) is 0 Å². The number of rotatable bonds is 4. The van der Waals surface area contributed by atoms with Crippen molar-refractivity contribution < 1.29 is 19.4 Å². The Labute approximate surface area is 120 Å². The summed E-state index contributed by atoms with van der Waals surface area (Å²) < 4.78 is 5.30. The molecule has 20 heavy (non-hydrogen) atoms. The first kappa shape index (κ1) is 15.3. The summed E-state index contributed by atoms with van der Waals surface area (Å²) in [5.41, 5.74) is -0.549. The lowest BCUT2D eigenvalue weighted by Gasteiger charge is -2.35. The van der Waals surface area contributed by atoms with Crippen molar-refractivity contribution >= 4 is 11.9 Å². The van der Waals surface area contributed by atoms with Gasteiger partial charge < -0.3 is 14.7 Å². The lowest BCUT2D eigenvalue weighted by Crippen LogP contribution is -2.48. The van der Waals surface area contributed by atoms with Gasteiger partial charge in [0.15, 0.2) is 0 Å². The maximum atomic E-state index is 12.6. The van der Waals surface area contributed by atoms with Crippen LogP contribution in [0.25, 0.3) is 0 Å². The first-order valence-corrected chi connectivity index (χ1v) is 7.45. The molecular weight excluding hydrogens is 258 g/mol. The van der Waals surface area contributed by atoms with Crippen molar-refractivity contribution in [3.05, 3.63) is 0 Å². The number of carbonyl (C=O) groups is 2. The molecule has 0 radical (unpaired) electrons. The third-order valence-corrected chi connectivity index (χ3v) is 4.79. The number of ether oxygens (including phenoxy) is 1. The second kappa shape index (κ2) is 5.72. The van der Waals surface area contributed by atoms with E-state index in [0.29, 0.717) is 12.3 Å². The highest BCUT2D eigenvalue weighted by atomic mass is 16.5. The normalized spacial score (nSPS) is 30.1. The molecule has 1 heterocycles. The lowest BCUT2D eigenvalue weighted by molar-refractivity contribution is -0.152. The molecule has 1 aliphatic heterocycles. The SMILES string of the molecule is COC(C)(C)CC(=O)N1C(C(=O)O)CC2CCCCC21. The zero-order chi connectivity index (χ0) is 14.9. The number of hydrogen-bond donors (Lipinski definition) is 1. The van der Waals surface area contributed by atoms with Crippen molar-refractivity contribution in [2.24, 2.45) is 5.92 Å². The fraction of sp³-hybridized carbons (Fsp3) is 0.867. The second-order valence-corrected chi connectivity index (χ2v) is 6.64. The molecule has 1 saturated carbocycles. The standard InChI is InChI=1S/C15H25NO4/c1-15(2,20-3)9-13(17)16-11-7-5-4-6-10(11)8-12(16)14(18)19/h10-12H,4-9H2,1-3H3,(H,18,19). The van der Waals surface area contributed by atoms with Crippen LogP contribution in [-0.4, -0.2) is 46.7 Å². The summed E-state index contributed by atoms with van der Waals surface area (Å²) in [4.78, 5) is 25.7. The number of methoxy groups -OCH3 is 1. The topological polar surface area (TPSA) is 66.8 Å². The van der Waals surface area contributed by atoms with E-state index >= 15 is 0 Å². The van der Waals surface area contributed by atoms with Gasteiger partial charge in [0, 0.05) is 13.2 Å². The molecule has 0 aromatic carbocycles. The Morgan fingerprint density at radius 1 is 1.30 bits per heavy atom. The summed E-state index contributed by atoms with van der Waals surface area (Å²) >= 11 is 0. The van der Waals surface area contributed by atoms with Gasteiger partial charge in [-0.1, -0.05) is 12.8 Å². The fourth-order valence-electron chi connectivity index (χ4n) is 3.57. The Morgan fingerprint density at radius 2 is 1.95 bits per heavy atom. The first-order chi connectivity index (χ1) is 9.35. The maximum Gasteiger partial charge on any atom is 0.326 e. The summed E-state index contributed by atoms with van der Waals surface area (Å²) in [7, 11) is 1.58. The maximum absolute atomic E-state index is 12.6. The van der Waals surface area contributed by atoms with Crippen LogP contribution in [-0.2, 0) is 14.3 Å². The van der Waals surface area contributed by atoms with E-state index in [1.807, 2.05) is 13.8 Å². The number of aliphatic carboxylic acids is 1. The molecule has 0 aromatic rings. The van der Waals surface area contributed by atoms with Crippen LogP contribution in [0, 0.1) is 5.92 Å². The van der Waals surface area contributed by atoms with Crippen molar-refractivity contribution in [1.82, 2.24) is 4.90 Å². The Bertz CT molecular complexity index is 393. The largest absolute Gasteiger partial charge is 0.480 e. The minimum absolute atomic E-state index is 0.0846. The molecule has 114 valence electrons. The second-order valence-electron chi connectivity index (χ2n) is 6.64. The van der Waals surface area contributed by atoms with Gasteiger partial charge in [-0.25, -0.2) is 4.79 Å². The predicted octanol–water partition coefficient (Wildman–Crippen LogP) is 2.05. The van der Waals surface area contributed by atoms with Crippen LogP contribution in [0.2, 0.25) is 0 Å². The molecule has 3 atom stereocenters. The zero-order valence-corrected chi connectivity index (χ0v) is 12.6. The first-order valence-electron chi connectivity index (χ1n) is 7.45. The third kappa shape index (κ3) is 2.97. The average molecular weight is 283 g/mol. The van der Waals surface area contributed by atoms with E-state index in [2.05, 4.69) is 0 Å². The summed E-state index contributed by atoms with van der Waals surface area (Å²) in [6, 6.07) is -0.534. The Hall–Kier alpha value is -1.10. The number of likely N-dealkylation sites (tertiary alicyclic amines) is 1. The van der Waals surface area contributed by atoms with Gasteiger partial charge in [0.05, 0.1) is 12.0 Å². The quantitative estimate of drug-likeness (QED) is 0.857. The summed E-state index contributed by atoms with van der Waals surface area (Å²) in [6.07, 6.45) is 5.07. The van der Waals surface area contributed by atoms with E-state index in [9.17, 15) is 14.7 Å². The lowest BCUT2D eigenvalue weighted by atomic mass is 9.84. The van der Waals surface area contributed by atoms with Crippen molar-refractivity contribution in [1.29, 1.82) is 0 Å². The van der Waals surface area contributed by atoms with Crippen molar-refractivity contribution in [3.63, 3.8) is 0 Å².